The molecule has 1 unspecified atom stereocenters. The number of hydrogen-bond donors (Lipinski definition) is 2. The number of aliphatic hydroxyl groups is 1. The third kappa shape index (κ3) is 6.23. The van der Waals surface area contributed by atoms with Crippen LogP contribution in [0.1, 0.15) is 36.2 Å². The first kappa shape index (κ1) is 18.9. The summed E-state index contributed by atoms with van der Waals surface area (Å²) in [4.78, 5) is 17.0. The van der Waals surface area contributed by atoms with E-state index < -0.39 is 6.10 Å². The Morgan fingerprint density at radius 2 is 1.96 bits per heavy atom. The van der Waals surface area contributed by atoms with Gasteiger partial charge in [0.05, 0.1) is 6.10 Å². The fraction of sp³-hybridized carbons (Fsp3) is 0.632. The quantitative estimate of drug-likeness (QED) is 0.795. The van der Waals surface area contributed by atoms with Crippen LogP contribution in [0.3, 0.4) is 0 Å². The van der Waals surface area contributed by atoms with Crippen molar-refractivity contribution in [1.82, 2.24) is 15.1 Å². The van der Waals surface area contributed by atoms with Crippen LogP contribution >= 0.6 is 0 Å². The third-order valence-electron chi connectivity index (χ3n) is 4.43. The molecular weight excluding hydrogens is 302 g/mol. The summed E-state index contributed by atoms with van der Waals surface area (Å²) in [6.45, 7) is 9.62. The smallest absolute Gasteiger partial charge is 0.251 e. The van der Waals surface area contributed by atoms with Gasteiger partial charge in [0, 0.05) is 44.8 Å². The molecule has 2 N–H and O–H groups in total. The summed E-state index contributed by atoms with van der Waals surface area (Å²) in [5, 5.41) is 12.7. The molecule has 5 heteroatoms. The van der Waals surface area contributed by atoms with Crippen molar-refractivity contribution in [3.63, 3.8) is 0 Å². The largest absolute Gasteiger partial charge is 0.391 e. The summed E-state index contributed by atoms with van der Waals surface area (Å²) in [7, 11) is 2.15. The van der Waals surface area contributed by atoms with E-state index in [1.54, 1.807) is 0 Å². The number of rotatable bonds is 7. The van der Waals surface area contributed by atoms with Crippen LogP contribution in [0.5, 0.6) is 0 Å². The Balaban J connectivity index is 1.86. The SMILES string of the molecule is CC(C)CC(O)CNC(=O)c1cccc(CN2CCN(C)CC2)c1. The van der Waals surface area contributed by atoms with Crippen molar-refractivity contribution in [3.05, 3.63) is 35.4 Å². The predicted octanol–water partition coefficient (Wildman–Crippen LogP) is 1.57. The van der Waals surface area contributed by atoms with Gasteiger partial charge in [0.1, 0.15) is 0 Å². The number of amides is 1. The normalized spacial score (nSPS) is 17.9. The lowest BCUT2D eigenvalue weighted by atomic mass is 10.1. The van der Waals surface area contributed by atoms with Gasteiger partial charge in [-0.25, -0.2) is 0 Å². The second kappa shape index (κ2) is 9.16. The number of carbonyl (C=O) groups is 1. The zero-order valence-electron chi connectivity index (χ0n) is 15.2. The van der Waals surface area contributed by atoms with E-state index in [4.69, 9.17) is 0 Å². The number of nitrogens with zero attached hydrogens (tertiary/aromatic N) is 2. The lowest BCUT2D eigenvalue weighted by molar-refractivity contribution is 0.0900. The summed E-state index contributed by atoms with van der Waals surface area (Å²) < 4.78 is 0. The zero-order chi connectivity index (χ0) is 17.5. The molecule has 1 fully saturated rings. The second-order valence-electron chi connectivity index (χ2n) is 7.27. The number of hydrogen-bond acceptors (Lipinski definition) is 4. The highest BCUT2D eigenvalue weighted by Crippen LogP contribution is 2.11. The molecule has 0 bridgehead atoms. The van der Waals surface area contributed by atoms with E-state index in [9.17, 15) is 9.90 Å². The molecule has 0 aliphatic carbocycles. The standard InChI is InChI=1S/C19H31N3O2/c1-15(2)11-18(23)13-20-19(24)17-6-4-5-16(12-17)14-22-9-7-21(3)8-10-22/h4-6,12,15,18,23H,7-11,13-14H2,1-3H3,(H,20,24). The fourth-order valence-electron chi connectivity index (χ4n) is 3.02. The molecule has 1 atom stereocenters. The minimum atomic E-state index is -0.484. The lowest BCUT2D eigenvalue weighted by Crippen LogP contribution is -2.43. The van der Waals surface area contributed by atoms with E-state index in [2.05, 4.69) is 42.1 Å². The van der Waals surface area contributed by atoms with E-state index in [1.165, 1.54) is 0 Å². The van der Waals surface area contributed by atoms with Gasteiger partial charge in [0.25, 0.3) is 5.91 Å². The molecule has 1 aliphatic heterocycles. The predicted molar refractivity (Wildman–Crippen MR) is 97.0 cm³/mol. The Morgan fingerprint density at radius 3 is 2.62 bits per heavy atom. The van der Waals surface area contributed by atoms with E-state index in [1.807, 2.05) is 18.2 Å². The van der Waals surface area contributed by atoms with Crippen LogP contribution in [0, 0.1) is 5.92 Å². The molecule has 1 amide bonds. The van der Waals surface area contributed by atoms with Crippen LogP contribution < -0.4 is 5.32 Å². The van der Waals surface area contributed by atoms with Gasteiger partial charge in [0.2, 0.25) is 0 Å². The summed E-state index contributed by atoms with van der Waals surface area (Å²) in [5.41, 5.74) is 1.83. The molecule has 1 saturated heterocycles. The van der Waals surface area contributed by atoms with Gasteiger partial charge in [-0.05, 0) is 37.1 Å². The van der Waals surface area contributed by atoms with Gasteiger partial charge in [-0.1, -0.05) is 26.0 Å². The van der Waals surface area contributed by atoms with Gasteiger partial charge in [-0.3, -0.25) is 9.69 Å². The van der Waals surface area contributed by atoms with E-state index in [-0.39, 0.29) is 5.91 Å². The molecule has 0 aromatic heterocycles. The molecule has 0 spiro atoms. The van der Waals surface area contributed by atoms with Gasteiger partial charge in [-0.15, -0.1) is 0 Å². The molecule has 134 valence electrons. The van der Waals surface area contributed by atoms with Crippen LogP contribution in [0.4, 0.5) is 0 Å². The first-order valence-electron chi connectivity index (χ1n) is 8.90. The topological polar surface area (TPSA) is 55.8 Å². The maximum absolute atomic E-state index is 12.3. The lowest BCUT2D eigenvalue weighted by Gasteiger charge is -2.32. The highest BCUT2D eigenvalue weighted by molar-refractivity contribution is 5.94. The highest BCUT2D eigenvalue weighted by Gasteiger charge is 2.15. The molecule has 1 heterocycles. The Hall–Kier alpha value is -1.43. The Kier molecular flexibility index (Phi) is 7.21. The molecule has 1 aromatic carbocycles. The van der Waals surface area contributed by atoms with Crippen LogP contribution in [-0.4, -0.2) is 66.7 Å². The summed E-state index contributed by atoms with van der Waals surface area (Å²) >= 11 is 0. The maximum Gasteiger partial charge on any atom is 0.251 e. The number of piperazine rings is 1. The fourth-order valence-corrected chi connectivity index (χ4v) is 3.02. The van der Waals surface area contributed by atoms with E-state index >= 15 is 0 Å². The zero-order valence-corrected chi connectivity index (χ0v) is 15.2. The Morgan fingerprint density at radius 1 is 1.25 bits per heavy atom. The number of likely N-dealkylation sites (N-methyl/N-ethyl adjacent to an activating group) is 1. The van der Waals surface area contributed by atoms with Crippen molar-refractivity contribution < 1.29 is 9.90 Å². The molecule has 5 nitrogen and oxygen atoms in total. The average Bonchev–Trinajstić information content (AvgIpc) is 2.54. The van der Waals surface area contributed by atoms with E-state index in [0.717, 1.165) is 38.3 Å². The number of benzene rings is 1. The van der Waals surface area contributed by atoms with Gasteiger partial charge < -0.3 is 15.3 Å². The van der Waals surface area contributed by atoms with Crippen molar-refractivity contribution in [2.75, 3.05) is 39.8 Å². The van der Waals surface area contributed by atoms with Crippen molar-refractivity contribution in [3.8, 4) is 0 Å². The van der Waals surface area contributed by atoms with Crippen molar-refractivity contribution in [2.45, 2.75) is 32.9 Å². The molecule has 24 heavy (non-hydrogen) atoms. The Bertz CT molecular complexity index is 525. The second-order valence-corrected chi connectivity index (χ2v) is 7.27. The number of nitrogens with one attached hydrogen (secondary N) is 1. The molecule has 0 saturated carbocycles. The molecule has 0 radical (unpaired) electrons. The van der Waals surface area contributed by atoms with Crippen LogP contribution in [-0.2, 0) is 6.54 Å². The molecule has 1 aromatic rings. The van der Waals surface area contributed by atoms with Gasteiger partial charge in [0.15, 0.2) is 0 Å². The van der Waals surface area contributed by atoms with Crippen LogP contribution in [0.15, 0.2) is 24.3 Å². The maximum atomic E-state index is 12.3. The molecule has 2 rings (SSSR count). The van der Waals surface area contributed by atoms with Crippen molar-refractivity contribution in [1.29, 1.82) is 0 Å². The highest BCUT2D eigenvalue weighted by atomic mass is 16.3. The van der Waals surface area contributed by atoms with Gasteiger partial charge >= 0.3 is 0 Å². The first-order chi connectivity index (χ1) is 11.4. The summed E-state index contributed by atoms with van der Waals surface area (Å²) in [6.07, 6.45) is 0.214. The van der Waals surface area contributed by atoms with Gasteiger partial charge in [-0.2, -0.15) is 0 Å². The minimum Gasteiger partial charge on any atom is -0.391 e. The third-order valence-corrected chi connectivity index (χ3v) is 4.43. The molecule has 1 aliphatic rings. The average molecular weight is 333 g/mol. The van der Waals surface area contributed by atoms with Crippen molar-refractivity contribution >= 4 is 5.91 Å². The Labute approximate surface area is 145 Å². The minimum absolute atomic E-state index is 0.113. The number of carbonyl (C=O) groups excluding carboxylic acids is 1. The monoisotopic (exact) mass is 333 g/mol. The van der Waals surface area contributed by atoms with Crippen molar-refractivity contribution in [2.24, 2.45) is 5.92 Å². The number of aliphatic hydroxyl groups excluding tert-OH is 1. The first-order valence-corrected chi connectivity index (χ1v) is 8.90. The molecular formula is C19H31N3O2. The van der Waals surface area contributed by atoms with Crippen LogP contribution in [0.25, 0.3) is 0 Å². The van der Waals surface area contributed by atoms with E-state index in [0.29, 0.717) is 24.4 Å². The summed E-state index contributed by atoms with van der Waals surface area (Å²) in [5.74, 6) is 0.307. The summed E-state index contributed by atoms with van der Waals surface area (Å²) in [6, 6.07) is 7.80. The van der Waals surface area contributed by atoms with Crippen LogP contribution in [0.2, 0.25) is 0 Å².